The Balaban J connectivity index is 2.79. The Kier molecular flexibility index (Phi) is 4.32. The molecule has 4 nitrogen and oxygen atoms in total. The maximum absolute atomic E-state index is 9.11. The van der Waals surface area contributed by atoms with Crippen LogP contribution in [0.5, 0.6) is 0 Å². The summed E-state index contributed by atoms with van der Waals surface area (Å²) in [5.41, 5.74) is 0.945. The molecule has 0 fully saturated rings. The van der Waals surface area contributed by atoms with Crippen LogP contribution in [0.15, 0.2) is 12.5 Å². The molecule has 0 spiro atoms. The van der Waals surface area contributed by atoms with Gasteiger partial charge in [0.1, 0.15) is 6.04 Å². The average Bonchev–Trinajstić information content (AvgIpc) is 2.73. The summed E-state index contributed by atoms with van der Waals surface area (Å²) in [5, 5.41) is 12.4. The summed E-state index contributed by atoms with van der Waals surface area (Å²) < 4.78 is 1.99. The maximum Gasteiger partial charge on any atom is 0.138 e. The number of nitrogens with zero attached hydrogens (tertiary/aromatic N) is 3. The largest absolute Gasteiger partial charge is 0.333 e. The van der Waals surface area contributed by atoms with Crippen LogP contribution < -0.4 is 5.32 Å². The summed E-state index contributed by atoms with van der Waals surface area (Å²) in [5.74, 6) is 0. The van der Waals surface area contributed by atoms with Crippen molar-refractivity contribution >= 4 is 0 Å². The number of hydrogen-bond donors (Lipinski definition) is 1. The normalized spacial score (nSPS) is 14.5. The Hall–Kier alpha value is -1.34. The zero-order chi connectivity index (χ0) is 11.3. The van der Waals surface area contributed by atoms with Crippen LogP contribution >= 0.6 is 0 Å². The molecule has 1 aromatic rings. The molecule has 0 aliphatic carbocycles. The first-order valence-electron chi connectivity index (χ1n) is 5.38. The van der Waals surface area contributed by atoms with Crippen LogP contribution in [0.4, 0.5) is 0 Å². The molecule has 0 bridgehead atoms. The van der Waals surface area contributed by atoms with E-state index in [1.54, 1.807) is 12.5 Å². The van der Waals surface area contributed by atoms with E-state index in [1.807, 2.05) is 11.5 Å². The van der Waals surface area contributed by atoms with Crippen molar-refractivity contribution in [3.63, 3.8) is 0 Å². The van der Waals surface area contributed by atoms with Crippen molar-refractivity contribution in [2.75, 3.05) is 0 Å². The van der Waals surface area contributed by atoms with Gasteiger partial charge in [0, 0.05) is 12.6 Å². The molecular formula is C11H18N4. The maximum atomic E-state index is 9.11. The number of aromatic nitrogens is 2. The highest BCUT2D eigenvalue weighted by Crippen LogP contribution is 2.12. The van der Waals surface area contributed by atoms with Gasteiger partial charge < -0.3 is 4.57 Å². The van der Waals surface area contributed by atoms with Gasteiger partial charge in [0.15, 0.2) is 0 Å². The molecule has 1 aromatic heterocycles. The smallest absolute Gasteiger partial charge is 0.138 e. The van der Waals surface area contributed by atoms with Gasteiger partial charge in [0.2, 0.25) is 0 Å². The number of nitrogens with one attached hydrogen (secondary N) is 1. The predicted molar refractivity (Wildman–Crippen MR) is 59.1 cm³/mol. The van der Waals surface area contributed by atoms with Crippen molar-refractivity contribution in [1.29, 1.82) is 5.26 Å². The fourth-order valence-electron chi connectivity index (χ4n) is 1.43. The summed E-state index contributed by atoms with van der Waals surface area (Å²) in [6.45, 7) is 7.07. The minimum absolute atomic E-state index is 0.262. The molecule has 0 aliphatic heterocycles. The van der Waals surface area contributed by atoms with Gasteiger partial charge in [-0.15, -0.1) is 0 Å². The number of rotatable bonds is 5. The van der Waals surface area contributed by atoms with E-state index in [4.69, 9.17) is 5.26 Å². The standard InChI is InChI=1S/C11H18N4/c1-4-9(3)14-10(6-12)11-7-13-8-15(11)5-2/h7-10,14H,4-5H2,1-3H3. The summed E-state index contributed by atoms with van der Waals surface area (Å²) >= 11 is 0. The van der Waals surface area contributed by atoms with Crippen molar-refractivity contribution in [2.45, 2.75) is 45.8 Å². The Labute approximate surface area is 90.9 Å². The highest BCUT2D eigenvalue weighted by Gasteiger charge is 2.16. The third-order valence-corrected chi connectivity index (χ3v) is 2.57. The number of hydrogen-bond acceptors (Lipinski definition) is 3. The van der Waals surface area contributed by atoms with Crippen LogP contribution in [0, 0.1) is 11.3 Å². The molecule has 1 N–H and O–H groups in total. The van der Waals surface area contributed by atoms with Gasteiger partial charge in [0.05, 0.1) is 24.3 Å². The summed E-state index contributed by atoms with van der Waals surface area (Å²) in [6, 6.07) is 2.35. The Bertz CT molecular complexity index is 337. The van der Waals surface area contributed by atoms with E-state index in [2.05, 4.69) is 30.2 Å². The van der Waals surface area contributed by atoms with Crippen molar-refractivity contribution in [1.82, 2.24) is 14.9 Å². The van der Waals surface area contributed by atoms with Crippen LogP contribution in [0.2, 0.25) is 0 Å². The summed E-state index contributed by atoms with van der Waals surface area (Å²) in [7, 11) is 0. The van der Waals surface area contributed by atoms with Gasteiger partial charge in [-0.1, -0.05) is 6.92 Å². The SMILES string of the molecule is CCC(C)NC(C#N)c1cncn1CC. The summed E-state index contributed by atoms with van der Waals surface area (Å²) in [4.78, 5) is 4.07. The molecule has 4 heteroatoms. The summed E-state index contributed by atoms with van der Waals surface area (Å²) in [6.07, 6.45) is 4.53. The third kappa shape index (κ3) is 2.80. The van der Waals surface area contributed by atoms with Crippen molar-refractivity contribution in [3.05, 3.63) is 18.2 Å². The molecule has 2 unspecified atom stereocenters. The Morgan fingerprint density at radius 3 is 2.87 bits per heavy atom. The van der Waals surface area contributed by atoms with Crippen LogP contribution in [0.25, 0.3) is 0 Å². The number of aryl methyl sites for hydroxylation is 1. The van der Waals surface area contributed by atoms with Crippen molar-refractivity contribution < 1.29 is 0 Å². The van der Waals surface area contributed by atoms with Crippen LogP contribution in [-0.2, 0) is 6.54 Å². The van der Waals surface area contributed by atoms with E-state index < -0.39 is 0 Å². The number of imidazole rings is 1. The lowest BCUT2D eigenvalue weighted by Gasteiger charge is -2.17. The average molecular weight is 206 g/mol. The molecule has 1 rings (SSSR count). The van der Waals surface area contributed by atoms with E-state index in [0.29, 0.717) is 6.04 Å². The zero-order valence-electron chi connectivity index (χ0n) is 9.57. The molecule has 2 atom stereocenters. The topological polar surface area (TPSA) is 53.6 Å². The molecule has 0 saturated carbocycles. The molecule has 15 heavy (non-hydrogen) atoms. The Morgan fingerprint density at radius 1 is 1.60 bits per heavy atom. The fourth-order valence-corrected chi connectivity index (χ4v) is 1.43. The van der Waals surface area contributed by atoms with Crippen molar-refractivity contribution in [3.8, 4) is 6.07 Å². The molecule has 0 saturated heterocycles. The second kappa shape index (κ2) is 5.52. The van der Waals surface area contributed by atoms with Gasteiger partial charge in [-0.3, -0.25) is 5.32 Å². The molecular weight excluding hydrogens is 188 g/mol. The predicted octanol–water partition coefficient (Wildman–Crippen LogP) is 1.86. The fraction of sp³-hybridized carbons (Fsp3) is 0.636. The Morgan fingerprint density at radius 2 is 2.33 bits per heavy atom. The lowest BCUT2D eigenvalue weighted by atomic mass is 10.2. The van der Waals surface area contributed by atoms with Crippen LogP contribution in [0.1, 0.15) is 38.9 Å². The monoisotopic (exact) mass is 206 g/mol. The lowest BCUT2D eigenvalue weighted by molar-refractivity contribution is 0.483. The van der Waals surface area contributed by atoms with E-state index in [-0.39, 0.29) is 6.04 Å². The van der Waals surface area contributed by atoms with Crippen LogP contribution in [0.3, 0.4) is 0 Å². The minimum atomic E-state index is -0.262. The highest BCUT2D eigenvalue weighted by molar-refractivity contribution is 5.14. The van der Waals surface area contributed by atoms with Crippen LogP contribution in [-0.4, -0.2) is 15.6 Å². The lowest BCUT2D eigenvalue weighted by Crippen LogP contribution is -2.30. The molecule has 1 heterocycles. The molecule has 0 radical (unpaired) electrons. The zero-order valence-corrected chi connectivity index (χ0v) is 9.57. The molecule has 0 aromatic carbocycles. The first-order chi connectivity index (χ1) is 7.22. The number of nitriles is 1. The van der Waals surface area contributed by atoms with Crippen molar-refractivity contribution in [2.24, 2.45) is 0 Å². The van der Waals surface area contributed by atoms with Gasteiger partial charge in [-0.05, 0) is 20.3 Å². The second-order valence-electron chi connectivity index (χ2n) is 3.64. The third-order valence-electron chi connectivity index (χ3n) is 2.57. The molecule has 0 aliphatic rings. The first-order valence-corrected chi connectivity index (χ1v) is 5.38. The van der Waals surface area contributed by atoms with Gasteiger partial charge >= 0.3 is 0 Å². The van der Waals surface area contributed by atoms with E-state index in [1.165, 1.54) is 0 Å². The van der Waals surface area contributed by atoms with E-state index >= 15 is 0 Å². The van der Waals surface area contributed by atoms with E-state index in [0.717, 1.165) is 18.7 Å². The van der Waals surface area contributed by atoms with Gasteiger partial charge in [-0.25, -0.2) is 4.98 Å². The minimum Gasteiger partial charge on any atom is -0.333 e. The quantitative estimate of drug-likeness (QED) is 0.800. The van der Waals surface area contributed by atoms with Gasteiger partial charge in [0.25, 0.3) is 0 Å². The first kappa shape index (κ1) is 11.7. The molecule has 82 valence electrons. The van der Waals surface area contributed by atoms with E-state index in [9.17, 15) is 0 Å². The second-order valence-corrected chi connectivity index (χ2v) is 3.64. The molecule has 0 amide bonds. The highest BCUT2D eigenvalue weighted by atomic mass is 15.1. The van der Waals surface area contributed by atoms with Gasteiger partial charge in [-0.2, -0.15) is 5.26 Å².